The normalized spacial score (nSPS) is 11.2. The summed E-state index contributed by atoms with van der Waals surface area (Å²) in [7, 11) is -3.02. The number of esters is 1. The molecule has 0 aliphatic carbocycles. The maximum Gasteiger partial charge on any atom is 0.349 e. The number of sulfonamides is 1. The fourth-order valence-electron chi connectivity index (χ4n) is 2.61. The first-order chi connectivity index (χ1) is 14.5. The summed E-state index contributed by atoms with van der Waals surface area (Å²) in [6.45, 7) is 0. The average Bonchev–Trinajstić information content (AvgIpc) is 3.42. The molecule has 4 heterocycles. The van der Waals surface area contributed by atoms with Gasteiger partial charge in [0.05, 0.1) is 7.11 Å². The molecule has 10 nitrogen and oxygen atoms in total. The number of ether oxygens (including phenoxy) is 1. The van der Waals surface area contributed by atoms with Gasteiger partial charge in [0, 0.05) is 12.4 Å². The summed E-state index contributed by atoms with van der Waals surface area (Å²) in [6.07, 6.45) is 3.11. The molecule has 0 unspecified atom stereocenters. The van der Waals surface area contributed by atoms with Gasteiger partial charge in [-0.1, -0.05) is 12.1 Å². The first kappa shape index (κ1) is 19.7. The standard InChI is InChI=1S/C18H14N6O4S2/c1-28-18(25)15-14(8-11-29-15)30(26,27)23-24-16(12-6-2-4-9-19-12)21-22-17(24)13-7-3-5-10-20-13/h2-11,23H,1H3. The summed E-state index contributed by atoms with van der Waals surface area (Å²) in [5.74, 6) is -0.423. The van der Waals surface area contributed by atoms with Crippen LogP contribution in [0.25, 0.3) is 23.0 Å². The van der Waals surface area contributed by atoms with Crippen LogP contribution in [0.4, 0.5) is 0 Å². The van der Waals surface area contributed by atoms with Crippen LogP contribution in [0, 0.1) is 0 Å². The van der Waals surface area contributed by atoms with Crippen molar-refractivity contribution in [1.29, 1.82) is 0 Å². The molecule has 4 rings (SSSR count). The van der Waals surface area contributed by atoms with Gasteiger partial charge in [-0.2, -0.15) is 8.42 Å². The van der Waals surface area contributed by atoms with Gasteiger partial charge in [0.15, 0.2) is 0 Å². The number of nitrogens with one attached hydrogen (secondary N) is 1. The predicted molar refractivity (Wildman–Crippen MR) is 109 cm³/mol. The van der Waals surface area contributed by atoms with Crippen LogP contribution in [-0.4, -0.2) is 46.3 Å². The number of carbonyl (C=O) groups excluding carboxylic acids is 1. The molecule has 0 saturated heterocycles. The van der Waals surface area contributed by atoms with Gasteiger partial charge >= 0.3 is 5.97 Å². The molecule has 0 aliphatic heterocycles. The molecule has 0 radical (unpaired) electrons. The van der Waals surface area contributed by atoms with Crippen LogP contribution in [0.3, 0.4) is 0 Å². The first-order valence-electron chi connectivity index (χ1n) is 8.48. The van der Waals surface area contributed by atoms with Crippen molar-refractivity contribution < 1.29 is 17.9 Å². The highest BCUT2D eigenvalue weighted by Gasteiger charge is 2.28. The van der Waals surface area contributed by atoms with E-state index in [-0.39, 0.29) is 21.4 Å². The van der Waals surface area contributed by atoms with Gasteiger partial charge in [-0.15, -0.1) is 21.5 Å². The summed E-state index contributed by atoms with van der Waals surface area (Å²) >= 11 is 0.964. The van der Waals surface area contributed by atoms with Crippen LogP contribution in [0.1, 0.15) is 9.67 Å². The quantitative estimate of drug-likeness (QED) is 0.450. The highest BCUT2D eigenvalue weighted by atomic mass is 32.2. The van der Waals surface area contributed by atoms with Crippen molar-refractivity contribution in [3.8, 4) is 23.0 Å². The Labute approximate surface area is 175 Å². The molecule has 152 valence electrons. The number of rotatable bonds is 6. The third kappa shape index (κ3) is 3.65. The van der Waals surface area contributed by atoms with E-state index in [0.29, 0.717) is 11.4 Å². The lowest BCUT2D eigenvalue weighted by atomic mass is 10.3. The Morgan fingerprint density at radius 1 is 1.00 bits per heavy atom. The van der Waals surface area contributed by atoms with Gasteiger partial charge in [0.25, 0.3) is 10.0 Å². The number of hydrogen-bond donors (Lipinski definition) is 1. The average molecular weight is 442 g/mol. The van der Waals surface area contributed by atoms with Crippen LogP contribution in [-0.2, 0) is 14.8 Å². The Balaban J connectivity index is 1.85. The van der Waals surface area contributed by atoms with E-state index in [2.05, 4.69) is 29.7 Å². The van der Waals surface area contributed by atoms with Crippen LogP contribution in [0.5, 0.6) is 0 Å². The van der Waals surface area contributed by atoms with E-state index >= 15 is 0 Å². The molecule has 12 heteroatoms. The van der Waals surface area contributed by atoms with Crippen molar-refractivity contribution in [3.05, 3.63) is 65.1 Å². The second kappa shape index (κ2) is 8.00. The Kier molecular flexibility index (Phi) is 5.25. The fraction of sp³-hybridized carbons (Fsp3) is 0.0556. The molecule has 0 saturated carbocycles. The molecule has 0 spiro atoms. The Morgan fingerprint density at radius 3 is 2.10 bits per heavy atom. The van der Waals surface area contributed by atoms with Crippen molar-refractivity contribution in [2.24, 2.45) is 0 Å². The van der Waals surface area contributed by atoms with E-state index in [9.17, 15) is 13.2 Å². The van der Waals surface area contributed by atoms with Gasteiger partial charge in [-0.05, 0) is 35.7 Å². The lowest BCUT2D eigenvalue weighted by molar-refractivity contribution is 0.0602. The lowest BCUT2D eigenvalue weighted by Crippen LogP contribution is -2.26. The van der Waals surface area contributed by atoms with Crippen LogP contribution >= 0.6 is 11.3 Å². The van der Waals surface area contributed by atoms with Crippen LogP contribution in [0.15, 0.2) is 65.1 Å². The zero-order valence-corrected chi connectivity index (χ0v) is 17.1. The first-order valence-corrected chi connectivity index (χ1v) is 10.8. The van der Waals surface area contributed by atoms with Crippen molar-refractivity contribution in [2.75, 3.05) is 11.9 Å². The summed E-state index contributed by atoms with van der Waals surface area (Å²) in [5.41, 5.74) is 0.793. The predicted octanol–water partition coefficient (Wildman–Crippen LogP) is 2.18. The van der Waals surface area contributed by atoms with Gasteiger partial charge in [0.2, 0.25) is 11.6 Å². The van der Waals surface area contributed by atoms with Gasteiger partial charge in [-0.3, -0.25) is 9.97 Å². The minimum Gasteiger partial charge on any atom is -0.465 e. The molecule has 0 bridgehead atoms. The molecule has 0 amide bonds. The van der Waals surface area contributed by atoms with Crippen molar-refractivity contribution in [3.63, 3.8) is 0 Å². The molecular formula is C18H14N6O4S2. The van der Waals surface area contributed by atoms with Crippen LogP contribution in [0.2, 0.25) is 0 Å². The maximum absolute atomic E-state index is 13.1. The van der Waals surface area contributed by atoms with E-state index in [1.165, 1.54) is 23.2 Å². The molecule has 4 aromatic heterocycles. The highest BCUT2D eigenvalue weighted by Crippen LogP contribution is 2.26. The number of nitrogens with zero attached hydrogens (tertiary/aromatic N) is 5. The van der Waals surface area contributed by atoms with E-state index < -0.39 is 16.0 Å². The summed E-state index contributed by atoms with van der Waals surface area (Å²) < 4.78 is 32.1. The minimum absolute atomic E-state index is 0.0446. The zero-order valence-electron chi connectivity index (χ0n) is 15.5. The zero-order chi connectivity index (χ0) is 21.1. The molecule has 0 aromatic carbocycles. The smallest absolute Gasteiger partial charge is 0.349 e. The minimum atomic E-state index is -4.20. The lowest BCUT2D eigenvalue weighted by Gasteiger charge is -2.13. The van der Waals surface area contributed by atoms with Crippen molar-refractivity contribution >= 4 is 27.3 Å². The third-order valence-electron chi connectivity index (χ3n) is 3.95. The number of thiophene rings is 1. The van der Waals surface area contributed by atoms with Gasteiger partial charge in [-0.25, -0.2) is 14.3 Å². The van der Waals surface area contributed by atoms with Crippen LogP contribution < -0.4 is 4.83 Å². The Hall–Kier alpha value is -3.64. The van der Waals surface area contributed by atoms with Gasteiger partial charge in [0.1, 0.15) is 21.2 Å². The maximum atomic E-state index is 13.1. The molecule has 0 atom stereocenters. The van der Waals surface area contributed by atoms with E-state index in [1.807, 2.05) is 0 Å². The van der Waals surface area contributed by atoms with E-state index in [4.69, 9.17) is 0 Å². The summed E-state index contributed by atoms with van der Waals surface area (Å²) in [5, 5.41) is 9.69. The fourth-order valence-corrected chi connectivity index (χ4v) is 4.96. The SMILES string of the molecule is COC(=O)c1sccc1S(=O)(=O)Nn1c(-c2ccccn2)nnc1-c1ccccn1. The largest absolute Gasteiger partial charge is 0.465 e. The molecule has 1 N–H and O–H groups in total. The van der Waals surface area contributed by atoms with Crippen molar-refractivity contribution in [1.82, 2.24) is 24.8 Å². The summed E-state index contributed by atoms with van der Waals surface area (Å²) in [6, 6.07) is 11.6. The van der Waals surface area contributed by atoms with Crippen molar-refractivity contribution in [2.45, 2.75) is 4.90 Å². The van der Waals surface area contributed by atoms with E-state index in [0.717, 1.165) is 11.3 Å². The second-order valence-corrected chi connectivity index (χ2v) is 8.36. The van der Waals surface area contributed by atoms with E-state index in [1.54, 1.807) is 48.8 Å². The number of hydrogen-bond acceptors (Lipinski definition) is 9. The molecule has 30 heavy (non-hydrogen) atoms. The molecule has 0 aliphatic rings. The Morgan fingerprint density at radius 2 is 1.60 bits per heavy atom. The second-order valence-electron chi connectivity index (χ2n) is 5.81. The molecular weight excluding hydrogens is 428 g/mol. The highest BCUT2D eigenvalue weighted by molar-refractivity contribution is 7.92. The molecule has 0 fully saturated rings. The Bertz CT molecular complexity index is 1230. The molecule has 4 aromatic rings. The monoisotopic (exact) mass is 442 g/mol. The van der Waals surface area contributed by atoms with Gasteiger partial charge < -0.3 is 4.74 Å². The summed E-state index contributed by atoms with van der Waals surface area (Å²) in [4.78, 5) is 22.6. The topological polar surface area (TPSA) is 129 Å². The number of methoxy groups -OCH3 is 1. The third-order valence-corrected chi connectivity index (χ3v) is 6.32. The number of carbonyl (C=O) groups is 1. The number of aromatic nitrogens is 5. The number of pyridine rings is 2.